The Morgan fingerprint density at radius 2 is 1.68 bits per heavy atom. The monoisotopic (exact) mass is 533 g/mol. The number of hydrogen-bond donors (Lipinski definition) is 2. The summed E-state index contributed by atoms with van der Waals surface area (Å²) in [5, 5.41) is 10.0. The topological polar surface area (TPSA) is 79.8 Å². The van der Waals surface area contributed by atoms with Crippen LogP contribution in [0.15, 0.2) is 84.0 Å². The van der Waals surface area contributed by atoms with Gasteiger partial charge in [-0.3, -0.25) is 9.59 Å². The Balaban J connectivity index is 1.38. The fourth-order valence-corrected chi connectivity index (χ4v) is 3.93. The van der Waals surface area contributed by atoms with Crippen LogP contribution in [0.2, 0.25) is 10.0 Å². The molecule has 0 unspecified atom stereocenters. The van der Waals surface area contributed by atoms with Gasteiger partial charge >= 0.3 is 0 Å². The van der Waals surface area contributed by atoms with Crippen LogP contribution in [0.4, 0.5) is 5.69 Å². The molecule has 0 aliphatic rings. The molecule has 0 heterocycles. The first-order valence-corrected chi connectivity index (χ1v) is 12.4. The van der Waals surface area contributed by atoms with Gasteiger partial charge in [-0.1, -0.05) is 71.7 Å². The van der Waals surface area contributed by atoms with E-state index in [9.17, 15) is 9.59 Å². The van der Waals surface area contributed by atoms with Gasteiger partial charge in [0.2, 0.25) is 11.8 Å². The zero-order valence-corrected chi connectivity index (χ0v) is 21.6. The largest absolute Gasteiger partial charge is 0.488 e. The Hall–Kier alpha value is -3.87. The normalized spacial score (nSPS) is 11.0. The Morgan fingerprint density at radius 1 is 0.919 bits per heavy atom. The van der Waals surface area contributed by atoms with Crippen LogP contribution >= 0.6 is 23.2 Å². The molecule has 0 bridgehead atoms. The molecular weight excluding hydrogens is 509 g/mol. The van der Waals surface area contributed by atoms with Crippen LogP contribution in [-0.2, 0) is 16.2 Å². The van der Waals surface area contributed by atoms with Gasteiger partial charge in [0, 0.05) is 34.1 Å². The van der Waals surface area contributed by atoms with Gasteiger partial charge in [-0.25, -0.2) is 5.43 Å². The van der Waals surface area contributed by atoms with Crippen molar-refractivity contribution in [3.8, 4) is 5.75 Å². The molecule has 4 aromatic rings. The van der Waals surface area contributed by atoms with Crippen LogP contribution in [0.1, 0.15) is 29.5 Å². The minimum atomic E-state index is -0.378. The molecule has 4 rings (SSSR count). The second-order valence-electron chi connectivity index (χ2n) is 8.42. The van der Waals surface area contributed by atoms with Crippen molar-refractivity contribution in [2.75, 3.05) is 5.32 Å². The molecule has 0 fully saturated rings. The number of anilines is 1. The van der Waals surface area contributed by atoms with Gasteiger partial charge in [0.15, 0.2) is 0 Å². The minimum Gasteiger partial charge on any atom is -0.488 e. The first-order chi connectivity index (χ1) is 17.9. The zero-order chi connectivity index (χ0) is 26.2. The van der Waals surface area contributed by atoms with Crippen molar-refractivity contribution in [3.63, 3.8) is 0 Å². The smallest absolute Gasteiger partial charge is 0.240 e. The van der Waals surface area contributed by atoms with E-state index in [1.54, 1.807) is 18.3 Å². The van der Waals surface area contributed by atoms with E-state index < -0.39 is 0 Å². The lowest BCUT2D eigenvalue weighted by molar-refractivity contribution is -0.124. The molecule has 0 saturated carbocycles. The summed E-state index contributed by atoms with van der Waals surface area (Å²) >= 11 is 12.1. The third kappa shape index (κ3) is 7.32. The molecule has 8 heteroatoms. The van der Waals surface area contributed by atoms with Crippen LogP contribution in [0.25, 0.3) is 10.8 Å². The maximum atomic E-state index is 12.3. The molecular formula is C29H25Cl2N3O3. The summed E-state index contributed by atoms with van der Waals surface area (Å²) in [6.45, 7) is 2.23. The molecule has 0 atom stereocenters. The number of nitrogens with zero attached hydrogens (tertiary/aromatic N) is 1. The Labute approximate surface area is 225 Å². The Morgan fingerprint density at radius 3 is 2.46 bits per heavy atom. The number of nitrogens with one attached hydrogen (secondary N) is 2. The highest BCUT2D eigenvalue weighted by Crippen LogP contribution is 2.27. The second-order valence-corrected chi connectivity index (χ2v) is 9.26. The highest BCUT2D eigenvalue weighted by Gasteiger charge is 2.10. The number of hydrazone groups is 1. The molecule has 0 aliphatic carbocycles. The van der Waals surface area contributed by atoms with E-state index in [0.717, 1.165) is 27.5 Å². The first kappa shape index (κ1) is 26.2. The van der Waals surface area contributed by atoms with Crippen LogP contribution < -0.4 is 15.5 Å². The first-order valence-electron chi connectivity index (χ1n) is 11.7. The van der Waals surface area contributed by atoms with E-state index in [1.165, 1.54) is 0 Å². The summed E-state index contributed by atoms with van der Waals surface area (Å²) in [6, 6.07) is 24.4. The number of benzene rings is 4. The quantitative estimate of drug-likeness (QED) is 0.181. The zero-order valence-electron chi connectivity index (χ0n) is 20.1. The highest BCUT2D eigenvalue weighted by molar-refractivity contribution is 6.31. The summed E-state index contributed by atoms with van der Waals surface area (Å²) < 4.78 is 6.07. The maximum absolute atomic E-state index is 12.3. The van der Waals surface area contributed by atoms with Crippen molar-refractivity contribution in [2.24, 2.45) is 5.10 Å². The van der Waals surface area contributed by atoms with Gasteiger partial charge in [0.1, 0.15) is 12.4 Å². The predicted octanol–water partition coefficient (Wildman–Crippen LogP) is 6.90. The summed E-state index contributed by atoms with van der Waals surface area (Å²) in [7, 11) is 0. The van der Waals surface area contributed by atoms with E-state index in [0.29, 0.717) is 28.1 Å². The van der Waals surface area contributed by atoms with Crippen LogP contribution in [-0.4, -0.2) is 18.0 Å². The number of carbonyl (C=O) groups is 2. The number of amides is 2. The predicted molar refractivity (Wildman–Crippen MR) is 150 cm³/mol. The van der Waals surface area contributed by atoms with E-state index in [-0.39, 0.29) is 24.7 Å². The molecule has 37 heavy (non-hydrogen) atoms. The number of aryl methyl sites for hydroxylation is 1. The fraction of sp³-hybridized carbons (Fsp3) is 0.138. The molecule has 0 spiro atoms. The summed E-state index contributed by atoms with van der Waals surface area (Å²) in [6.07, 6.45) is 1.56. The second kappa shape index (κ2) is 12.4. The third-order valence-corrected chi connectivity index (χ3v) is 6.32. The van der Waals surface area contributed by atoms with Gasteiger partial charge < -0.3 is 10.1 Å². The van der Waals surface area contributed by atoms with Crippen molar-refractivity contribution in [1.29, 1.82) is 0 Å². The number of hydrogen-bond acceptors (Lipinski definition) is 4. The van der Waals surface area contributed by atoms with Crippen molar-refractivity contribution < 1.29 is 14.3 Å². The fourth-order valence-electron chi connectivity index (χ4n) is 3.62. The lowest BCUT2D eigenvalue weighted by Gasteiger charge is -2.12. The standard InChI is InChI=1S/C29H25Cl2N3O3/c1-19-6-12-23(16-26(19)31)33-28(35)14-15-29(36)34-32-17-25-24-5-3-2-4-21(24)9-13-27(25)37-18-20-7-10-22(30)11-8-20/h2-13,16-17H,14-15,18H2,1H3,(H,33,35)(H,34,36). The summed E-state index contributed by atoms with van der Waals surface area (Å²) in [5.41, 5.74) is 5.71. The molecule has 0 radical (unpaired) electrons. The van der Waals surface area contributed by atoms with Gasteiger partial charge in [-0.15, -0.1) is 0 Å². The van der Waals surface area contributed by atoms with Gasteiger partial charge in [0.05, 0.1) is 6.21 Å². The van der Waals surface area contributed by atoms with Crippen LogP contribution in [0.3, 0.4) is 0 Å². The molecule has 6 nitrogen and oxygen atoms in total. The average Bonchev–Trinajstić information content (AvgIpc) is 2.90. The average molecular weight is 534 g/mol. The molecule has 2 N–H and O–H groups in total. The molecule has 2 amide bonds. The number of ether oxygens (including phenoxy) is 1. The molecule has 188 valence electrons. The number of rotatable bonds is 9. The summed E-state index contributed by atoms with van der Waals surface area (Å²) in [5.74, 6) is -0.0361. The molecule has 0 saturated heterocycles. The van der Waals surface area contributed by atoms with Crippen LogP contribution in [0, 0.1) is 6.92 Å². The number of fused-ring (bicyclic) bond motifs is 1. The third-order valence-electron chi connectivity index (χ3n) is 5.66. The minimum absolute atomic E-state index is 0.0105. The van der Waals surface area contributed by atoms with E-state index >= 15 is 0 Å². The van der Waals surface area contributed by atoms with Crippen molar-refractivity contribution in [2.45, 2.75) is 26.4 Å². The SMILES string of the molecule is Cc1ccc(NC(=O)CCC(=O)NN=Cc2c(OCc3ccc(Cl)cc3)ccc3ccccc23)cc1Cl. The highest BCUT2D eigenvalue weighted by atomic mass is 35.5. The summed E-state index contributed by atoms with van der Waals surface area (Å²) in [4.78, 5) is 24.5. The van der Waals surface area contributed by atoms with Crippen molar-refractivity contribution >= 4 is 57.7 Å². The van der Waals surface area contributed by atoms with Crippen molar-refractivity contribution in [1.82, 2.24) is 5.43 Å². The Kier molecular flexibility index (Phi) is 8.77. The van der Waals surface area contributed by atoms with E-state index in [1.807, 2.05) is 73.7 Å². The van der Waals surface area contributed by atoms with E-state index in [4.69, 9.17) is 27.9 Å². The molecule has 0 aliphatic heterocycles. The molecule has 0 aromatic heterocycles. The number of halogens is 2. The van der Waals surface area contributed by atoms with Gasteiger partial charge in [0.25, 0.3) is 0 Å². The lowest BCUT2D eigenvalue weighted by atomic mass is 10.0. The van der Waals surface area contributed by atoms with Gasteiger partial charge in [-0.2, -0.15) is 5.10 Å². The Bertz CT molecular complexity index is 1450. The van der Waals surface area contributed by atoms with Crippen LogP contribution in [0.5, 0.6) is 5.75 Å². The maximum Gasteiger partial charge on any atom is 0.240 e. The van der Waals surface area contributed by atoms with Gasteiger partial charge in [-0.05, 0) is 59.2 Å². The number of carbonyl (C=O) groups excluding carboxylic acids is 2. The lowest BCUT2D eigenvalue weighted by Crippen LogP contribution is -2.20. The molecule has 4 aromatic carbocycles. The van der Waals surface area contributed by atoms with E-state index in [2.05, 4.69) is 15.8 Å². The van der Waals surface area contributed by atoms with Crippen molar-refractivity contribution in [3.05, 3.63) is 106 Å².